The molecular formula is C11H14O2. The fraction of sp³-hybridized carbons (Fsp3) is 0.364. The SMILES string of the molecule is CCC(=O)c1cc(OC)ccc1C. The molecule has 1 rings (SSSR count). The molecule has 0 heterocycles. The molecule has 70 valence electrons. The molecule has 0 amide bonds. The van der Waals surface area contributed by atoms with Gasteiger partial charge < -0.3 is 4.74 Å². The van der Waals surface area contributed by atoms with Crippen LogP contribution in [-0.4, -0.2) is 12.9 Å². The summed E-state index contributed by atoms with van der Waals surface area (Å²) in [5.74, 6) is 0.902. The zero-order valence-corrected chi connectivity index (χ0v) is 8.26. The summed E-state index contributed by atoms with van der Waals surface area (Å²) in [6, 6.07) is 5.56. The van der Waals surface area contributed by atoms with Crippen molar-refractivity contribution < 1.29 is 9.53 Å². The zero-order valence-electron chi connectivity index (χ0n) is 8.26. The Morgan fingerprint density at radius 2 is 2.15 bits per heavy atom. The van der Waals surface area contributed by atoms with Crippen molar-refractivity contribution in [1.82, 2.24) is 0 Å². The van der Waals surface area contributed by atoms with Gasteiger partial charge in [-0.15, -0.1) is 0 Å². The topological polar surface area (TPSA) is 26.3 Å². The molecule has 0 aromatic heterocycles. The second kappa shape index (κ2) is 4.08. The molecule has 0 bridgehead atoms. The fourth-order valence-electron chi connectivity index (χ4n) is 1.22. The van der Waals surface area contributed by atoms with E-state index in [0.29, 0.717) is 6.42 Å². The van der Waals surface area contributed by atoms with Gasteiger partial charge in [-0.05, 0) is 24.6 Å². The number of carbonyl (C=O) groups is 1. The van der Waals surface area contributed by atoms with Crippen molar-refractivity contribution in [3.63, 3.8) is 0 Å². The number of hydrogen-bond donors (Lipinski definition) is 0. The third kappa shape index (κ3) is 2.08. The van der Waals surface area contributed by atoms with Crippen LogP contribution in [0.25, 0.3) is 0 Å². The van der Waals surface area contributed by atoms with E-state index in [9.17, 15) is 4.79 Å². The highest BCUT2D eigenvalue weighted by molar-refractivity contribution is 5.97. The Morgan fingerprint density at radius 1 is 1.46 bits per heavy atom. The van der Waals surface area contributed by atoms with Crippen molar-refractivity contribution in [3.8, 4) is 5.75 Å². The van der Waals surface area contributed by atoms with E-state index in [1.54, 1.807) is 13.2 Å². The lowest BCUT2D eigenvalue weighted by Gasteiger charge is -2.05. The third-order valence-electron chi connectivity index (χ3n) is 2.07. The lowest BCUT2D eigenvalue weighted by Crippen LogP contribution is -2.00. The first kappa shape index (κ1) is 9.78. The highest BCUT2D eigenvalue weighted by atomic mass is 16.5. The van der Waals surface area contributed by atoms with Crippen LogP contribution in [0.4, 0.5) is 0 Å². The molecule has 2 heteroatoms. The van der Waals surface area contributed by atoms with E-state index in [2.05, 4.69) is 0 Å². The Kier molecular flexibility index (Phi) is 3.07. The highest BCUT2D eigenvalue weighted by Gasteiger charge is 2.07. The summed E-state index contributed by atoms with van der Waals surface area (Å²) in [6.07, 6.45) is 0.536. The molecule has 1 aromatic rings. The molecule has 0 aliphatic heterocycles. The molecular weight excluding hydrogens is 164 g/mol. The molecule has 0 N–H and O–H groups in total. The Balaban J connectivity index is 3.11. The van der Waals surface area contributed by atoms with Gasteiger partial charge in [0, 0.05) is 12.0 Å². The van der Waals surface area contributed by atoms with E-state index in [1.807, 2.05) is 26.0 Å². The standard InChI is InChI=1S/C11H14O2/c1-4-11(12)10-7-9(13-3)6-5-8(10)2/h5-7H,4H2,1-3H3. The number of ether oxygens (including phenoxy) is 1. The van der Waals surface area contributed by atoms with Crippen LogP contribution in [0.5, 0.6) is 5.75 Å². The summed E-state index contributed by atoms with van der Waals surface area (Å²) in [4.78, 5) is 11.4. The molecule has 0 fully saturated rings. The third-order valence-corrected chi connectivity index (χ3v) is 2.07. The van der Waals surface area contributed by atoms with Crippen LogP contribution >= 0.6 is 0 Å². The van der Waals surface area contributed by atoms with Gasteiger partial charge in [0.2, 0.25) is 0 Å². The number of rotatable bonds is 3. The predicted octanol–water partition coefficient (Wildman–Crippen LogP) is 2.60. The first-order valence-electron chi connectivity index (χ1n) is 4.37. The molecule has 0 saturated carbocycles. The van der Waals surface area contributed by atoms with Crippen LogP contribution in [0.3, 0.4) is 0 Å². The number of carbonyl (C=O) groups excluding carboxylic acids is 1. The minimum atomic E-state index is 0.163. The van der Waals surface area contributed by atoms with Crippen LogP contribution in [0.15, 0.2) is 18.2 Å². The minimum absolute atomic E-state index is 0.163. The van der Waals surface area contributed by atoms with E-state index in [0.717, 1.165) is 16.9 Å². The summed E-state index contributed by atoms with van der Waals surface area (Å²) >= 11 is 0. The molecule has 0 unspecified atom stereocenters. The van der Waals surface area contributed by atoms with Crippen molar-refractivity contribution in [3.05, 3.63) is 29.3 Å². The summed E-state index contributed by atoms with van der Waals surface area (Å²) in [6.45, 7) is 3.80. The number of aryl methyl sites for hydroxylation is 1. The number of benzene rings is 1. The second-order valence-electron chi connectivity index (χ2n) is 2.96. The van der Waals surface area contributed by atoms with Crippen molar-refractivity contribution in [2.45, 2.75) is 20.3 Å². The van der Waals surface area contributed by atoms with Gasteiger partial charge in [0.25, 0.3) is 0 Å². The van der Waals surface area contributed by atoms with E-state index < -0.39 is 0 Å². The zero-order chi connectivity index (χ0) is 9.84. The Hall–Kier alpha value is -1.31. The molecule has 0 radical (unpaired) electrons. The van der Waals surface area contributed by atoms with E-state index in [1.165, 1.54) is 0 Å². The quantitative estimate of drug-likeness (QED) is 0.665. The van der Waals surface area contributed by atoms with Crippen molar-refractivity contribution >= 4 is 5.78 Å². The lowest BCUT2D eigenvalue weighted by molar-refractivity contribution is 0.0987. The maximum absolute atomic E-state index is 11.4. The van der Waals surface area contributed by atoms with Crippen molar-refractivity contribution in [1.29, 1.82) is 0 Å². The maximum Gasteiger partial charge on any atom is 0.163 e. The fourth-order valence-corrected chi connectivity index (χ4v) is 1.22. The average molecular weight is 178 g/mol. The molecule has 0 aliphatic rings. The largest absolute Gasteiger partial charge is 0.497 e. The molecule has 0 aliphatic carbocycles. The lowest BCUT2D eigenvalue weighted by atomic mass is 10.0. The maximum atomic E-state index is 11.4. The Morgan fingerprint density at radius 3 is 2.69 bits per heavy atom. The van der Waals surface area contributed by atoms with E-state index in [4.69, 9.17) is 4.74 Å². The van der Waals surface area contributed by atoms with Gasteiger partial charge in [0.05, 0.1) is 7.11 Å². The molecule has 2 nitrogen and oxygen atoms in total. The minimum Gasteiger partial charge on any atom is -0.497 e. The van der Waals surface area contributed by atoms with Gasteiger partial charge in [-0.2, -0.15) is 0 Å². The number of ketones is 1. The molecule has 0 spiro atoms. The first-order chi connectivity index (χ1) is 6.19. The van der Waals surface area contributed by atoms with Crippen LogP contribution < -0.4 is 4.74 Å². The average Bonchev–Trinajstić information content (AvgIpc) is 2.17. The van der Waals surface area contributed by atoms with Gasteiger partial charge in [-0.25, -0.2) is 0 Å². The van der Waals surface area contributed by atoms with Gasteiger partial charge >= 0.3 is 0 Å². The molecule has 0 atom stereocenters. The number of methoxy groups -OCH3 is 1. The van der Waals surface area contributed by atoms with Gasteiger partial charge in [0.15, 0.2) is 5.78 Å². The normalized spacial score (nSPS) is 9.77. The number of hydrogen-bond acceptors (Lipinski definition) is 2. The molecule has 13 heavy (non-hydrogen) atoms. The molecule has 0 saturated heterocycles. The monoisotopic (exact) mass is 178 g/mol. The molecule has 1 aromatic carbocycles. The summed E-state index contributed by atoms with van der Waals surface area (Å²) in [5, 5.41) is 0. The second-order valence-corrected chi connectivity index (χ2v) is 2.96. The van der Waals surface area contributed by atoms with Crippen molar-refractivity contribution in [2.75, 3.05) is 7.11 Å². The van der Waals surface area contributed by atoms with Crippen LogP contribution in [0, 0.1) is 6.92 Å². The van der Waals surface area contributed by atoms with E-state index >= 15 is 0 Å². The highest BCUT2D eigenvalue weighted by Crippen LogP contribution is 2.18. The van der Waals surface area contributed by atoms with Gasteiger partial charge in [0.1, 0.15) is 5.75 Å². The first-order valence-corrected chi connectivity index (χ1v) is 4.37. The Bertz CT molecular complexity index is 316. The van der Waals surface area contributed by atoms with Crippen molar-refractivity contribution in [2.24, 2.45) is 0 Å². The van der Waals surface area contributed by atoms with Gasteiger partial charge in [-0.1, -0.05) is 13.0 Å². The smallest absolute Gasteiger partial charge is 0.163 e. The summed E-state index contributed by atoms with van der Waals surface area (Å²) in [7, 11) is 1.60. The summed E-state index contributed by atoms with van der Waals surface area (Å²) < 4.78 is 5.05. The predicted molar refractivity (Wildman–Crippen MR) is 52.4 cm³/mol. The number of Topliss-reactive ketones (excluding diaryl/α,β-unsaturated/α-hetero) is 1. The van der Waals surface area contributed by atoms with Crippen LogP contribution in [0.2, 0.25) is 0 Å². The van der Waals surface area contributed by atoms with Gasteiger partial charge in [-0.3, -0.25) is 4.79 Å². The van der Waals surface area contributed by atoms with Crippen LogP contribution in [-0.2, 0) is 0 Å². The van der Waals surface area contributed by atoms with E-state index in [-0.39, 0.29) is 5.78 Å². The Labute approximate surface area is 78.5 Å². The summed E-state index contributed by atoms with van der Waals surface area (Å²) in [5.41, 5.74) is 1.77. The van der Waals surface area contributed by atoms with Crippen LogP contribution in [0.1, 0.15) is 29.3 Å².